The van der Waals surface area contributed by atoms with Crippen LogP contribution in [0.25, 0.3) is 0 Å². The number of halogens is 5. The maximum absolute atomic E-state index is 12.0. The molecule has 0 spiro atoms. The van der Waals surface area contributed by atoms with Crippen molar-refractivity contribution >= 4 is 21.9 Å². The second kappa shape index (κ2) is 1.94. The quantitative estimate of drug-likeness (QED) is 0.552. The first kappa shape index (κ1) is 9.75. The molecule has 6 heteroatoms. The Morgan fingerprint density at radius 2 is 1.17 bits per heavy atom. The molecule has 0 aliphatic carbocycles. The second-order valence-electron chi connectivity index (χ2n) is 2.28. The van der Waals surface area contributed by atoms with Gasteiger partial charge >= 0.3 is 66.7 Å². The van der Waals surface area contributed by atoms with Crippen molar-refractivity contribution in [3.05, 3.63) is 30.3 Å². The molecule has 1 aromatic rings. The molecule has 0 saturated heterocycles. The van der Waals surface area contributed by atoms with E-state index in [2.05, 4.69) is 0 Å². The summed E-state index contributed by atoms with van der Waals surface area (Å²) in [5, 5.41) is 0. The molecule has 0 heterocycles. The van der Waals surface area contributed by atoms with E-state index in [1.807, 2.05) is 0 Å². The first-order valence-corrected chi connectivity index (χ1v) is 8.46. The van der Waals surface area contributed by atoms with Gasteiger partial charge in [-0.25, -0.2) is 0 Å². The molecule has 0 fully saturated rings. The molecule has 0 amide bonds. The molecule has 0 aromatic heterocycles. The maximum atomic E-state index is 12.0. The molecule has 0 nitrogen and oxygen atoms in total. The van der Waals surface area contributed by atoms with Crippen molar-refractivity contribution in [3.63, 3.8) is 0 Å². The zero-order valence-corrected chi connectivity index (χ0v) is 8.02. The second-order valence-corrected chi connectivity index (χ2v) is 9.16. The fourth-order valence-corrected chi connectivity index (χ4v) is 2.59. The summed E-state index contributed by atoms with van der Waals surface area (Å²) in [6.45, 7) is 0. The zero-order valence-electron chi connectivity index (χ0n) is 5.68. The molecule has 0 unspecified atom stereocenters. The molecule has 0 radical (unpaired) electrons. The predicted molar refractivity (Wildman–Crippen MR) is 37.4 cm³/mol. The van der Waals surface area contributed by atoms with Crippen LogP contribution in [0.1, 0.15) is 0 Å². The molecule has 1 aromatic carbocycles. The van der Waals surface area contributed by atoms with E-state index < -0.39 is 21.9 Å². The van der Waals surface area contributed by atoms with Gasteiger partial charge in [0.05, 0.1) is 0 Å². The summed E-state index contributed by atoms with van der Waals surface area (Å²) in [7, 11) is 0. The molecule has 1 rings (SSSR count). The van der Waals surface area contributed by atoms with E-state index in [9.17, 15) is 14.5 Å². The first-order valence-electron chi connectivity index (χ1n) is 2.89. The predicted octanol–water partition coefficient (Wildman–Crippen LogP) is 2.58. The average Bonchev–Trinajstić information content (AvgIpc) is 1.85. The van der Waals surface area contributed by atoms with Crippen molar-refractivity contribution in [2.75, 3.05) is 0 Å². The molecule has 0 bridgehead atoms. The molecule has 0 N–H and O–H groups in total. The summed E-state index contributed by atoms with van der Waals surface area (Å²) in [5.41, 5.74) is 0. The van der Waals surface area contributed by atoms with Crippen LogP contribution >= 0.6 is 0 Å². The monoisotopic (exact) mass is 302 g/mol. The molecule has 12 heavy (non-hydrogen) atoms. The summed E-state index contributed by atoms with van der Waals surface area (Å²) in [6, 6.07) is 3.93. The number of hydrogen-bond acceptors (Lipinski definition) is 0. The summed E-state index contributed by atoms with van der Waals surface area (Å²) >= 11 is -10.2. The van der Waals surface area contributed by atoms with Crippen LogP contribution in [-0.4, -0.2) is 18.3 Å². The van der Waals surface area contributed by atoms with E-state index in [-0.39, 0.29) is 0 Å². The van der Waals surface area contributed by atoms with Crippen LogP contribution in [0.15, 0.2) is 30.3 Å². The number of hydrogen-bond donors (Lipinski definition) is 0. The normalized spacial score (nSPS) is 18.1. The Bertz CT molecular complexity index is 285. The zero-order chi connectivity index (χ0) is 9.52. The SMILES string of the molecule is F[Te](F)(F)(F)(F)c1ccccc1. The van der Waals surface area contributed by atoms with Crippen molar-refractivity contribution in [3.8, 4) is 0 Å². The minimum absolute atomic E-state index is 0.394. The topological polar surface area (TPSA) is 0 Å². The summed E-state index contributed by atoms with van der Waals surface area (Å²) in [4.78, 5) is 0. The van der Waals surface area contributed by atoms with Gasteiger partial charge in [-0.3, -0.25) is 0 Å². The van der Waals surface area contributed by atoms with Crippen LogP contribution in [0.5, 0.6) is 0 Å². The van der Waals surface area contributed by atoms with Gasteiger partial charge in [0, 0.05) is 0 Å². The first-order chi connectivity index (χ1) is 5.09. The van der Waals surface area contributed by atoms with Gasteiger partial charge in [0.1, 0.15) is 0 Å². The number of rotatable bonds is 1. The van der Waals surface area contributed by atoms with Crippen LogP contribution in [-0.2, 0) is 0 Å². The van der Waals surface area contributed by atoms with Crippen LogP contribution in [0.4, 0.5) is 14.5 Å². The Kier molecular flexibility index (Phi) is 1.57. The van der Waals surface area contributed by atoms with Crippen LogP contribution < -0.4 is 3.61 Å². The summed E-state index contributed by atoms with van der Waals surface area (Å²) in [5.74, 6) is 0. The Morgan fingerprint density at radius 3 is 1.42 bits per heavy atom. The van der Waals surface area contributed by atoms with Gasteiger partial charge in [-0.15, -0.1) is 0 Å². The average molecular weight is 300 g/mol. The molecule has 70 valence electrons. The van der Waals surface area contributed by atoms with Crippen LogP contribution in [0.2, 0.25) is 0 Å². The van der Waals surface area contributed by atoms with E-state index in [1.165, 1.54) is 6.07 Å². The van der Waals surface area contributed by atoms with Crippen molar-refractivity contribution in [2.45, 2.75) is 0 Å². The Labute approximate surface area is 67.0 Å². The van der Waals surface area contributed by atoms with E-state index >= 15 is 0 Å². The molecular formula is C6H5F5Te. The van der Waals surface area contributed by atoms with E-state index in [0.29, 0.717) is 12.1 Å². The standard InChI is InChI=1S/C6H5F5Te/c7-12(8,9,10,11)6-4-2-1-3-5-6/h1-5H. The van der Waals surface area contributed by atoms with E-state index in [4.69, 9.17) is 0 Å². The van der Waals surface area contributed by atoms with Gasteiger partial charge in [-0.2, -0.15) is 0 Å². The Morgan fingerprint density at radius 1 is 0.750 bits per heavy atom. The van der Waals surface area contributed by atoms with Gasteiger partial charge in [0.25, 0.3) is 0 Å². The minimum atomic E-state index is -10.2. The molecule has 0 saturated carbocycles. The number of benzene rings is 1. The van der Waals surface area contributed by atoms with Crippen molar-refractivity contribution in [1.29, 1.82) is 0 Å². The fraction of sp³-hybridized carbons (Fsp3) is 0. The van der Waals surface area contributed by atoms with Gasteiger partial charge in [-0.05, 0) is 0 Å². The summed E-state index contributed by atoms with van der Waals surface area (Å²) < 4.78 is 58.3. The van der Waals surface area contributed by atoms with Gasteiger partial charge in [0.2, 0.25) is 0 Å². The third-order valence-electron chi connectivity index (χ3n) is 1.19. The fourth-order valence-electron chi connectivity index (χ4n) is 0.678. The van der Waals surface area contributed by atoms with E-state index in [1.54, 1.807) is 0 Å². The Hall–Kier alpha value is -0.340. The van der Waals surface area contributed by atoms with Crippen molar-refractivity contribution in [2.24, 2.45) is 0 Å². The molecule has 0 aliphatic heterocycles. The van der Waals surface area contributed by atoms with Crippen LogP contribution in [0.3, 0.4) is 0 Å². The van der Waals surface area contributed by atoms with Gasteiger partial charge in [-0.1, -0.05) is 0 Å². The third kappa shape index (κ3) is 2.32. The van der Waals surface area contributed by atoms with Crippen molar-refractivity contribution < 1.29 is 14.5 Å². The Balaban J connectivity index is 3.36. The molecule has 0 atom stereocenters. The van der Waals surface area contributed by atoms with Gasteiger partial charge < -0.3 is 0 Å². The van der Waals surface area contributed by atoms with Crippen molar-refractivity contribution in [1.82, 2.24) is 0 Å². The van der Waals surface area contributed by atoms with Gasteiger partial charge in [0.15, 0.2) is 0 Å². The van der Waals surface area contributed by atoms with E-state index in [0.717, 1.165) is 12.1 Å². The summed E-state index contributed by atoms with van der Waals surface area (Å²) in [6.07, 6.45) is 0. The molecule has 0 aliphatic rings. The third-order valence-corrected chi connectivity index (χ3v) is 4.51. The van der Waals surface area contributed by atoms with Crippen LogP contribution in [0, 0.1) is 0 Å². The molecular weight excluding hydrogens is 295 g/mol.